The highest BCUT2D eigenvalue weighted by Crippen LogP contribution is 2.18. The van der Waals surface area contributed by atoms with Gasteiger partial charge in [-0.25, -0.2) is 4.39 Å². The summed E-state index contributed by atoms with van der Waals surface area (Å²) in [6.07, 6.45) is 0. The summed E-state index contributed by atoms with van der Waals surface area (Å²) in [6.45, 7) is 0.897. The van der Waals surface area contributed by atoms with E-state index in [-0.39, 0.29) is 18.0 Å². The number of rotatable bonds is 1. The molecule has 0 spiro atoms. The van der Waals surface area contributed by atoms with Gasteiger partial charge in [-0.3, -0.25) is 9.59 Å². The third-order valence-corrected chi connectivity index (χ3v) is 3.40. The molecule has 1 aliphatic rings. The van der Waals surface area contributed by atoms with E-state index in [2.05, 4.69) is 15.9 Å². The molecule has 0 saturated carbocycles. The average Bonchev–Trinajstić information content (AvgIpc) is 2.35. The molecule has 0 aliphatic carbocycles. The number of amides is 2. The second kappa shape index (κ2) is 5.06. The Hall–Kier alpha value is -1.43. The second-order valence-electron chi connectivity index (χ2n) is 4.17. The van der Waals surface area contributed by atoms with Crippen molar-refractivity contribution in [3.63, 3.8) is 0 Å². The van der Waals surface area contributed by atoms with Crippen LogP contribution in [0.15, 0.2) is 22.7 Å². The zero-order valence-electron chi connectivity index (χ0n) is 9.82. The standard InChI is InChI=1S/C12H12BrFN2O2/c1-15-4-5-16(7-11(15)17)12(18)9-6-8(13)2-3-10(9)14/h2-3,6H,4-5,7H2,1H3. The third-order valence-electron chi connectivity index (χ3n) is 2.90. The fourth-order valence-electron chi connectivity index (χ4n) is 1.76. The minimum atomic E-state index is -0.574. The number of hydrogen-bond acceptors (Lipinski definition) is 2. The summed E-state index contributed by atoms with van der Waals surface area (Å²) in [5.74, 6) is -1.16. The van der Waals surface area contributed by atoms with Gasteiger partial charge in [0.05, 0.1) is 5.56 Å². The first-order valence-corrected chi connectivity index (χ1v) is 6.26. The first-order chi connectivity index (χ1) is 8.49. The van der Waals surface area contributed by atoms with Gasteiger partial charge in [0.2, 0.25) is 5.91 Å². The normalized spacial score (nSPS) is 16.1. The van der Waals surface area contributed by atoms with E-state index in [4.69, 9.17) is 0 Å². The number of nitrogens with zero attached hydrogens (tertiary/aromatic N) is 2. The van der Waals surface area contributed by atoms with Crippen molar-refractivity contribution >= 4 is 27.7 Å². The van der Waals surface area contributed by atoms with Crippen molar-refractivity contribution in [2.75, 3.05) is 26.7 Å². The van der Waals surface area contributed by atoms with E-state index in [0.717, 1.165) is 0 Å². The van der Waals surface area contributed by atoms with Crippen molar-refractivity contribution in [2.45, 2.75) is 0 Å². The Morgan fingerprint density at radius 3 is 2.78 bits per heavy atom. The fraction of sp³-hybridized carbons (Fsp3) is 0.333. The molecule has 96 valence electrons. The topological polar surface area (TPSA) is 40.6 Å². The van der Waals surface area contributed by atoms with Crippen molar-refractivity contribution in [1.29, 1.82) is 0 Å². The third kappa shape index (κ3) is 2.53. The van der Waals surface area contributed by atoms with Crippen molar-refractivity contribution in [3.05, 3.63) is 34.1 Å². The molecule has 2 amide bonds. The molecular weight excluding hydrogens is 303 g/mol. The molecule has 1 aliphatic heterocycles. The SMILES string of the molecule is CN1CCN(C(=O)c2cc(Br)ccc2F)CC1=O. The molecule has 18 heavy (non-hydrogen) atoms. The predicted molar refractivity (Wildman–Crippen MR) is 67.6 cm³/mol. The Bertz CT molecular complexity index is 507. The van der Waals surface area contributed by atoms with Crippen molar-refractivity contribution < 1.29 is 14.0 Å². The molecule has 0 N–H and O–H groups in total. The van der Waals surface area contributed by atoms with Gasteiger partial charge < -0.3 is 9.80 Å². The summed E-state index contributed by atoms with van der Waals surface area (Å²) >= 11 is 3.20. The van der Waals surface area contributed by atoms with Crippen LogP contribution in [-0.4, -0.2) is 48.3 Å². The average molecular weight is 315 g/mol. The Morgan fingerprint density at radius 2 is 2.11 bits per heavy atom. The molecule has 0 aromatic heterocycles. The van der Waals surface area contributed by atoms with E-state index >= 15 is 0 Å². The summed E-state index contributed by atoms with van der Waals surface area (Å²) in [5.41, 5.74) is -0.0123. The number of piperazine rings is 1. The molecule has 1 aromatic rings. The first kappa shape index (κ1) is 13.0. The van der Waals surface area contributed by atoms with Crippen LogP contribution in [0.25, 0.3) is 0 Å². The highest BCUT2D eigenvalue weighted by Gasteiger charge is 2.27. The summed E-state index contributed by atoms with van der Waals surface area (Å²) in [4.78, 5) is 26.6. The zero-order valence-corrected chi connectivity index (χ0v) is 11.4. The van der Waals surface area contributed by atoms with Gasteiger partial charge in [-0.1, -0.05) is 15.9 Å². The highest BCUT2D eigenvalue weighted by molar-refractivity contribution is 9.10. The molecule has 4 nitrogen and oxygen atoms in total. The molecular formula is C12H12BrFN2O2. The lowest BCUT2D eigenvalue weighted by molar-refractivity contribution is -0.133. The molecule has 0 atom stereocenters. The van der Waals surface area contributed by atoms with Gasteiger partial charge >= 0.3 is 0 Å². The molecule has 0 bridgehead atoms. The van der Waals surface area contributed by atoms with E-state index in [1.54, 1.807) is 11.9 Å². The maximum Gasteiger partial charge on any atom is 0.257 e. The quantitative estimate of drug-likeness (QED) is 0.788. The maximum atomic E-state index is 13.6. The summed E-state index contributed by atoms with van der Waals surface area (Å²) in [6, 6.07) is 4.19. The number of carbonyl (C=O) groups excluding carboxylic acids is 2. The predicted octanol–water partition coefficient (Wildman–Crippen LogP) is 1.50. The Kier molecular flexibility index (Phi) is 3.65. The molecule has 6 heteroatoms. The largest absolute Gasteiger partial charge is 0.342 e. The smallest absolute Gasteiger partial charge is 0.257 e. The molecule has 0 unspecified atom stereocenters. The van der Waals surface area contributed by atoms with Crippen LogP contribution in [0, 0.1) is 5.82 Å². The monoisotopic (exact) mass is 314 g/mol. The maximum absolute atomic E-state index is 13.6. The summed E-state index contributed by atoms with van der Waals surface area (Å²) < 4.78 is 14.2. The van der Waals surface area contributed by atoms with Crippen LogP contribution in [0.4, 0.5) is 4.39 Å². The molecule has 1 aromatic carbocycles. The lowest BCUT2D eigenvalue weighted by Gasteiger charge is -2.32. The Labute approximate surface area is 112 Å². The first-order valence-electron chi connectivity index (χ1n) is 5.47. The highest BCUT2D eigenvalue weighted by atomic mass is 79.9. The summed E-state index contributed by atoms with van der Waals surface area (Å²) in [7, 11) is 1.68. The Balaban J connectivity index is 2.21. The van der Waals surface area contributed by atoms with Crippen LogP contribution in [-0.2, 0) is 4.79 Å². The van der Waals surface area contributed by atoms with Crippen LogP contribution < -0.4 is 0 Å². The number of likely N-dealkylation sites (N-methyl/N-ethyl adjacent to an activating group) is 1. The van der Waals surface area contributed by atoms with Gasteiger partial charge in [-0.05, 0) is 18.2 Å². The lowest BCUT2D eigenvalue weighted by Crippen LogP contribution is -2.50. The second-order valence-corrected chi connectivity index (χ2v) is 5.08. The van der Waals surface area contributed by atoms with Gasteiger partial charge in [0, 0.05) is 24.6 Å². The van der Waals surface area contributed by atoms with Gasteiger partial charge in [0.25, 0.3) is 5.91 Å². The van der Waals surface area contributed by atoms with Gasteiger partial charge in [-0.15, -0.1) is 0 Å². The molecule has 1 saturated heterocycles. The van der Waals surface area contributed by atoms with Gasteiger partial charge in [-0.2, -0.15) is 0 Å². The number of halogens is 2. The molecule has 1 fully saturated rings. The van der Waals surface area contributed by atoms with Gasteiger partial charge in [0.1, 0.15) is 12.4 Å². The lowest BCUT2D eigenvalue weighted by atomic mass is 10.1. The fourth-order valence-corrected chi connectivity index (χ4v) is 2.12. The van der Waals surface area contributed by atoms with E-state index in [9.17, 15) is 14.0 Å². The Morgan fingerprint density at radius 1 is 1.39 bits per heavy atom. The van der Waals surface area contributed by atoms with Crippen molar-refractivity contribution in [2.24, 2.45) is 0 Å². The summed E-state index contributed by atoms with van der Waals surface area (Å²) in [5, 5.41) is 0. The van der Waals surface area contributed by atoms with E-state index in [0.29, 0.717) is 17.6 Å². The molecule has 0 radical (unpaired) electrons. The minimum Gasteiger partial charge on any atom is -0.342 e. The molecule has 2 rings (SSSR count). The van der Waals surface area contributed by atoms with Crippen LogP contribution in [0.1, 0.15) is 10.4 Å². The van der Waals surface area contributed by atoms with Crippen LogP contribution in [0.3, 0.4) is 0 Å². The zero-order chi connectivity index (χ0) is 13.3. The van der Waals surface area contributed by atoms with Gasteiger partial charge in [0.15, 0.2) is 0 Å². The van der Waals surface area contributed by atoms with Crippen LogP contribution in [0.5, 0.6) is 0 Å². The number of hydrogen-bond donors (Lipinski definition) is 0. The van der Waals surface area contributed by atoms with Crippen molar-refractivity contribution in [1.82, 2.24) is 9.80 Å². The molecule has 1 heterocycles. The van der Waals surface area contributed by atoms with E-state index < -0.39 is 11.7 Å². The number of carbonyl (C=O) groups is 2. The number of benzene rings is 1. The van der Waals surface area contributed by atoms with Crippen LogP contribution >= 0.6 is 15.9 Å². The minimum absolute atomic E-state index is 0.00128. The van der Waals surface area contributed by atoms with Crippen molar-refractivity contribution in [3.8, 4) is 0 Å². The van der Waals surface area contributed by atoms with E-state index in [1.807, 2.05) is 0 Å². The van der Waals surface area contributed by atoms with Crippen LogP contribution in [0.2, 0.25) is 0 Å². The van der Waals surface area contributed by atoms with E-state index in [1.165, 1.54) is 23.1 Å².